The second-order valence-electron chi connectivity index (χ2n) is 8.90. The number of hydrogen-bond donors (Lipinski definition) is 1. The van der Waals surface area contributed by atoms with Crippen LogP contribution >= 0.6 is 11.6 Å². The van der Waals surface area contributed by atoms with Crippen LogP contribution in [0.25, 0.3) is 5.70 Å². The largest absolute Gasteiger partial charge is 0.385 e. The maximum absolute atomic E-state index is 6.05. The monoisotopic (exact) mass is 477 g/mol. The maximum atomic E-state index is 6.05. The number of halogens is 1. The van der Waals surface area contributed by atoms with Crippen molar-refractivity contribution in [2.45, 2.75) is 73.6 Å². The fourth-order valence-corrected chi connectivity index (χ4v) is 3.71. The molecule has 1 nitrogen and oxygen atoms in total. The van der Waals surface area contributed by atoms with Gasteiger partial charge in [0.25, 0.3) is 0 Å². The van der Waals surface area contributed by atoms with Crippen LogP contribution in [0.15, 0.2) is 73.3 Å². The van der Waals surface area contributed by atoms with Crippen LogP contribution in [0, 0.1) is 20.8 Å². The molecule has 0 saturated heterocycles. The van der Waals surface area contributed by atoms with Crippen LogP contribution in [0.2, 0.25) is 5.02 Å². The third-order valence-corrected chi connectivity index (χ3v) is 5.50. The molecular weight excluding hydrogens is 434 g/mol. The molecule has 0 saturated carbocycles. The van der Waals surface area contributed by atoms with Crippen molar-refractivity contribution in [1.29, 1.82) is 0 Å². The number of rotatable bonds is 8. The van der Waals surface area contributed by atoms with Crippen LogP contribution in [0.4, 0.5) is 0 Å². The van der Waals surface area contributed by atoms with Gasteiger partial charge in [0.05, 0.1) is 0 Å². The second kappa shape index (κ2) is 17.0. The van der Waals surface area contributed by atoms with Gasteiger partial charge in [0.2, 0.25) is 0 Å². The average molecular weight is 478 g/mol. The molecule has 2 heteroatoms. The van der Waals surface area contributed by atoms with E-state index in [-0.39, 0.29) is 0 Å². The van der Waals surface area contributed by atoms with Gasteiger partial charge >= 0.3 is 0 Å². The van der Waals surface area contributed by atoms with E-state index in [0.717, 1.165) is 35.7 Å². The third-order valence-electron chi connectivity index (χ3n) is 5.26. The predicted molar refractivity (Wildman–Crippen MR) is 154 cm³/mol. The first kappa shape index (κ1) is 29.5. The molecule has 0 aliphatic rings. The fourth-order valence-electron chi connectivity index (χ4n) is 3.52. The van der Waals surface area contributed by atoms with E-state index in [4.69, 9.17) is 11.6 Å². The summed E-state index contributed by atoms with van der Waals surface area (Å²) in [6.07, 6.45) is 5.79. The lowest BCUT2D eigenvalue weighted by molar-refractivity contribution is 0.760. The van der Waals surface area contributed by atoms with Gasteiger partial charge in [-0.3, -0.25) is 0 Å². The van der Waals surface area contributed by atoms with Crippen molar-refractivity contribution in [2.24, 2.45) is 0 Å². The first-order valence-electron chi connectivity index (χ1n) is 12.6. The summed E-state index contributed by atoms with van der Waals surface area (Å²) in [4.78, 5) is 0. The fraction of sp³-hybridized carbons (Fsp3) is 0.375. The van der Waals surface area contributed by atoms with Gasteiger partial charge in [-0.1, -0.05) is 111 Å². The highest BCUT2D eigenvalue weighted by atomic mass is 35.5. The zero-order chi connectivity index (χ0) is 25.3. The van der Waals surface area contributed by atoms with Gasteiger partial charge < -0.3 is 5.32 Å². The molecule has 0 aromatic heterocycles. The molecule has 0 aliphatic carbocycles. The summed E-state index contributed by atoms with van der Waals surface area (Å²) in [7, 11) is 0. The highest BCUT2D eigenvalue weighted by Gasteiger charge is 2.01. The summed E-state index contributed by atoms with van der Waals surface area (Å²) in [6, 6.07) is 23.2. The number of benzene rings is 3. The SMILES string of the molecule is C=C(NCCCc1cc(Cl)ccc1C)c1cccc(C)c1.CCC.CCCc1cccc(C)c1. The van der Waals surface area contributed by atoms with E-state index >= 15 is 0 Å². The molecular formula is C32H44ClN. The molecule has 0 aliphatic heterocycles. The Hall–Kier alpha value is -2.51. The van der Waals surface area contributed by atoms with E-state index in [9.17, 15) is 0 Å². The van der Waals surface area contributed by atoms with E-state index in [2.05, 4.69) is 114 Å². The Balaban J connectivity index is 0.000000369. The molecule has 34 heavy (non-hydrogen) atoms. The van der Waals surface area contributed by atoms with Gasteiger partial charge in [0.15, 0.2) is 0 Å². The van der Waals surface area contributed by atoms with E-state index in [1.54, 1.807) is 0 Å². The molecule has 0 fully saturated rings. The van der Waals surface area contributed by atoms with Crippen molar-refractivity contribution >= 4 is 17.3 Å². The van der Waals surface area contributed by atoms with Gasteiger partial charge in [0.1, 0.15) is 0 Å². The molecule has 184 valence electrons. The third kappa shape index (κ3) is 12.1. The Morgan fingerprint density at radius 1 is 0.824 bits per heavy atom. The predicted octanol–water partition coefficient (Wildman–Crippen LogP) is 9.51. The molecule has 1 N–H and O–H groups in total. The molecule has 3 aromatic rings. The highest BCUT2D eigenvalue weighted by molar-refractivity contribution is 6.30. The number of hydrogen-bond acceptors (Lipinski definition) is 1. The van der Waals surface area contributed by atoms with Crippen LogP contribution < -0.4 is 5.32 Å². The van der Waals surface area contributed by atoms with Crippen LogP contribution in [0.1, 0.15) is 73.4 Å². The van der Waals surface area contributed by atoms with Crippen molar-refractivity contribution in [2.75, 3.05) is 6.54 Å². The molecule has 3 rings (SSSR count). The van der Waals surface area contributed by atoms with Crippen LogP contribution in [0.3, 0.4) is 0 Å². The topological polar surface area (TPSA) is 12.0 Å². The normalized spacial score (nSPS) is 9.85. The van der Waals surface area contributed by atoms with Crippen LogP contribution in [-0.4, -0.2) is 6.54 Å². The summed E-state index contributed by atoms with van der Waals surface area (Å²) in [5.74, 6) is 0. The van der Waals surface area contributed by atoms with Crippen molar-refractivity contribution < 1.29 is 0 Å². The van der Waals surface area contributed by atoms with Gasteiger partial charge in [-0.2, -0.15) is 0 Å². The average Bonchev–Trinajstić information content (AvgIpc) is 2.80. The molecule has 0 unspecified atom stereocenters. The Bertz CT molecular complexity index is 990. The Morgan fingerprint density at radius 2 is 1.47 bits per heavy atom. The standard InChI is InChI=1S/C19H22ClN.C10H14.C3H8/c1-14-6-4-7-18(12-14)16(3)21-11-5-8-17-13-19(20)10-9-15(17)2;1-3-5-10-7-4-6-9(2)8-10;1-3-2/h4,6-7,9-10,12-13,21H,3,5,8,11H2,1-2H3;4,6-8H,3,5H2,1-2H3;3H2,1-2H3. The lowest BCUT2D eigenvalue weighted by Gasteiger charge is -2.11. The molecule has 0 amide bonds. The van der Waals surface area contributed by atoms with Crippen molar-refractivity contribution in [3.63, 3.8) is 0 Å². The smallest absolute Gasteiger partial charge is 0.0408 e. The van der Waals surface area contributed by atoms with E-state index < -0.39 is 0 Å². The molecule has 0 spiro atoms. The Kier molecular flexibility index (Phi) is 14.8. The summed E-state index contributed by atoms with van der Waals surface area (Å²) < 4.78 is 0. The summed E-state index contributed by atoms with van der Waals surface area (Å²) >= 11 is 6.05. The molecule has 0 radical (unpaired) electrons. The maximum Gasteiger partial charge on any atom is 0.0408 e. The van der Waals surface area contributed by atoms with Gasteiger partial charge in [-0.25, -0.2) is 0 Å². The van der Waals surface area contributed by atoms with E-state index in [1.807, 2.05) is 6.07 Å². The number of aryl methyl sites for hydroxylation is 5. The number of nitrogens with one attached hydrogen (secondary N) is 1. The lowest BCUT2D eigenvalue weighted by Crippen LogP contribution is -2.13. The quantitative estimate of drug-likeness (QED) is 0.318. The molecule has 0 atom stereocenters. The molecule has 0 bridgehead atoms. The molecule has 0 heterocycles. The minimum Gasteiger partial charge on any atom is -0.385 e. The first-order valence-corrected chi connectivity index (χ1v) is 13.0. The van der Waals surface area contributed by atoms with Gasteiger partial charge in [-0.05, 0) is 80.5 Å². The zero-order valence-corrected chi connectivity index (χ0v) is 22.9. The van der Waals surface area contributed by atoms with E-state index in [1.165, 1.54) is 47.1 Å². The Labute approximate surface area is 214 Å². The lowest BCUT2D eigenvalue weighted by atomic mass is 10.0. The van der Waals surface area contributed by atoms with Crippen molar-refractivity contribution in [1.82, 2.24) is 5.32 Å². The first-order chi connectivity index (χ1) is 16.3. The van der Waals surface area contributed by atoms with E-state index in [0.29, 0.717) is 0 Å². The minimum absolute atomic E-state index is 0.813. The van der Waals surface area contributed by atoms with Crippen LogP contribution in [-0.2, 0) is 12.8 Å². The highest BCUT2D eigenvalue weighted by Crippen LogP contribution is 2.17. The summed E-state index contributed by atoms with van der Waals surface area (Å²) in [5, 5.41) is 4.22. The second-order valence-corrected chi connectivity index (χ2v) is 9.33. The van der Waals surface area contributed by atoms with Crippen LogP contribution in [0.5, 0.6) is 0 Å². The van der Waals surface area contributed by atoms with Gasteiger partial charge in [-0.15, -0.1) is 0 Å². The molecule has 3 aromatic carbocycles. The van der Waals surface area contributed by atoms with Gasteiger partial charge in [0, 0.05) is 17.3 Å². The zero-order valence-electron chi connectivity index (χ0n) is 22.2. The summed E-state index contributed by atoms with van der Waals surface area (Å²) in [5.41, 5.74) is 8.86. The minimum atomic E-state index is 0.813. The summed E-state index contributed by atoms with van der Waals surface area (Å²) in [6.45, 7) is 17.8. The van der Waals surface area contributed by atoms with Crippen molar-refractivity contribution in [3.8, 4) is 0 Å². The van der Waals surface area contributed by atoms with Crippen molar-refractivity contribution in [3.05, 3.63) is 112 Å². The Morgan fingerprint density at radius 3 is 2.09 bits per heavy atom.